The van der Waals surface area contributed by atoms with Gasteiger partial charge in [-0.25, -0.2) is 0 Å². The minimum absolute atomic E-state index is 0.918. The van der Waals surface area contributed by atoms with Gasteiger partial charge in [0.25, 0.3) is 0 Å². The molecule has 0 spiro atoms. The Morgan fingerprint density at radius 1 is 0.944 bits per heavy atom. The second-order valence-corrected chi connectivity index (χ2v) is 4.24. The van der Waals surface area contributed by atoms with Gasteiger partial charge in [0.15, 0.2) is 0 Å². The third-order valence-corrected chi connectivity index (χ3v) is 2.90. The maximum Gasteiger partial charge on any atom is 0.118 e. The largest absolute Gasteiger partial charge is 0.497 e. The van der Waals surface area contributed by atoms with Gasteiger partial charge >= 0.3 is 0 Å². The summed E-state index contributed by atoms with van der Waals surface area (Å²) in [6.07, 6.45) is 2.21. The fourth-order valence-corrected chi connectivity index (χ4v) is 1.87. The average Bonchev–Trinajstić information content (AvgIpc) is 2.45. The van der Waals surface area contributed by atoms with Gasteiger partial charge in [-0.3, -0.25) is 0 Å². The molecule has 0 atom stereocenters. The molecule has 0 saturated heterocycles. The summed E-state index contributed by atoms with van der Waals surface area (Å²) in [4.78, 5) is 0. The van der Waals surface area contributed by atoms with E-state index < -0.39 is 0 Å². The highest BCUT2D eigenvalue weighted by molar-refractivity contribution is 5.42. The zero-order chi connectivity index (χ0) is 12.6. The van der Waals surface area contributed by atoms with E-state index in [-0.39, 0.29) is 0 Å². The lowest BCUT2D eigenvalue weighted by molar-refractivity contribution is 0.414. The first kappa shape index (κ1) is 12.5. The van der Waals surface area contributed by atoms with Crippen LogP contribution in [0, 0.1) is 0 Å². The Hall–Kier alpha value is -1.96. The van der Waals surface area contributed by atoms with Crippen molar-refractivity contribution in [3.8, 4) is 5.75 Å². The molecule has 0 aliphatic carbocycles. The first-order valence-electron chi connectivity index (χ1n) is 6.30. The minimum atomic E-state index is 0.918. The van der Waals surface area contributed by atoms with E-state index >= 15 is 0 Å². The van der Waals surface area contributed by atoms with Crippen LogP contribution in [0.5, 0.6) is 5.75 Å². The molecule has 0 unspecified atom stereocenters. The number of methoxy groups -OCH3 is 1. The van der Waals surface area contributed by atoms with Gasteiger partial charge < -0.3 is 10.1 Å². The van der Waals surface area contributed by atoms with E-state index in [0.29, 0.717) is 0 Å². The molecule has 94 valence electrons. The normalized spacial score (nSPS) is 10.1. The number of nitrogens with one attached hydrogen (secondary N) is 1. The average molecular weight is 241 g/mol. The lowest BCUT2D eigenvalue weighted by Crippen LogP contribution is -2.02. The third kappa shape index (κ3) is 3.81. The monoisotopic (exact) mass is 241 g/mol. The predicted octanol–water partition coefficient (Wildman–Crippen LogP) is 3.74. The molecule has 2 aromatic rings. The first-order valence-corrected chi connectivity index (χ1v) is 6.30. The van der Waals surface area contributed by atoms with E-state index in [9.17, 15) is 0 Å². The van der Waals surface area contributed by atoms with Gasteiger partial charge in [0.05, 0.1) is 7.11 Å². The minimum Gasteiger partial charge on any atom is -0.497 e. The fourth-order valence-electron chi connectivity index (χ4n) is 1.87. The van der Waals surface area contributed by atoms with Gasteiger partial charge in [0.2, 0.25) is 0 Å². The summed E-state index contributed by atoms with van der Waals surface area (Å²) in [7, 11) is 1.69. The first-order chi connectivity index (χ1) is 8.88. The molecule has 18 heavy (non-hydrogen) atoms. The highest BCUT2D eigenvalue weighted by Gasteiger charge is 1.95. The molecular formula is C16H19NO. The number of benzene rings is 2. The van der Waals surface area contributed by atoms with Crippen LogP contribution in [0.15, 0.2) is 54.6 Å². The Labute approximate surface area is 109 Å². The molecule has 1 N–H and O–H groups in total. The summed E-state index contributed by atoms with van der Waals surface area (Å²) >= 11 is 0. The predicted molar refractivity (Wildman–Crippen MR) is 76.2 cm³/mol. The summed E-state index contributed by atoms with van der Waals surface area (Å²) in [5.41, 5.74) is 2.54. The van der Waals surface area contributed by atoms with Crippen LogP contribution in [0.2, 0.25) is 0 Å². The van der Waals surface area contributed by atoms with E-state index in [1.54, 1.807) is 7.11 Å². The Bertz CT molecular complexity index is 450. The van der Waals surface area contributed by atoms with Gasteiger partial charge in [0, 0.05) is 12.2 Å². The van der Waals surface area contributed by atoms with Gasteiger partial charge in [-0.2, -0.15) is 0 Å². The molecule has 0 radical (unpaired) electrons. The molecule has 0 saturated carbocycles. The van der Waals surface area contributed by atoms with E-state index in [4.69, 9.17) is 4.74 Å². The van der Waals surface area contributed by atoms with Crippen molar-refractivity contribution >= 4 is 5.69 Å². The smallest absolute Gasteiger partial charge is 0.118 e. The van der Waals surface area contributed by atoms with Gasteiger partial charge in [-0.05, 0) is 42.7 Å². The molecule has 2 nitrogen and oxygen atoms in total. The highest BCUT2D eigenvalue weighted by Crippen LogP contribution is 2.12. The van der Waals surface area contributed by atoms with Crippen LogP contribution in [-0.4, -0.2) is 13.7 Å². The van der Waals surface area contributed by atoms with Crippen LogP contribution in [-0.2, 0) is 6.42 Å². The van der Waals surface area contributed by atoms with Crippen molar-refractivity contribution in [2.24, 2.45) is 0 Å². The number of ether oxygens (including phenoxy) is 1. The second kappa shape index (κ2) is 6.70. The lowest BCUT2D eigenvalue weighted by Gasteiger charge is -2.06. The maximum atomic E-state index is 5.14. The zero-order valence-corrected chi connectivity index (χ0v) is 10.7. The van der Waals surface area contributed by atoms with Crippen molar-refractivity contribution in [3.63, 3.8) is 0 Å². The molecule has 0 aliphatic heterocycles. The van der Waals surface area contributed by atoms with Crippen molar-refractivity contribution in [1.29, 1.82) is 0 Å². The third-order valence-electron chi connectivity index (χ3n) is 2.90. The number of hydrogen-bond acceptors (Lipinski definition) is 2. The van der Waals surface area contributed by atoms with Crippen LogP contribution < -0.4 is 10.1 Å². The Morgan fingerprint density at radius 3 is 2.33 bits per heavy atom. The fraction of sp³-hybridized carbons (Fsp3) is 0.250. The van der Waals surface area contributed by atoms with Gasteiger partial charge in [-0.1, -0.05) is 30.3 Å². The van der Waals surface area contributed by atoms with Crippen molar-refractivity contribution in [2.45, 2.75) is 12.8 Å². The molecule has 0 amide bonds. The van der Waals surface area contributed by atoms with Crippen LogP contribution in [0.25, 0.3) is 0 Å². The van der Waals surface area contributed by atoms with E-state index in [0.717, 1.165) is 25.1 Å². The SMILES string of the molecule is COc1ccc(CCCNc2ccccc2)cc1. The lowest BCUT2D eigenvalue weighted by atomic mass is 10.1. The Kier molecular flexibility index (Phi) is 4.65. The van der Waals surface area contributed by atoms with Gasteiger partial charge in [0.1, 0.15) is 5.75 Å². The summed E-state index contributed by atoms with van der Waals surface area (Å²) in [5.74, 6) is 0.918. The van der Waals surface area contributed by atoms with Crippen molar-refractivity contribution in [1.82, 2.24) is 0 Å². The quantitative estimate of drug-likeness (QED) is 0.778. The summed E-state index contributed by atoms with van der Waals surface area (Å²) < 4.78 is 5.14. The van der Waals surface area contributed by atoms with Crippen LogP contribution >= 0.6 is 0 Å². The molecule has 0 fully saturated rings. The number of hydrogen-bond donors (Lipinski definition) is 1. The van der Waals surface area contributed by atoms with Crippen molar-refractivity contribution in [3.05, 3.63) is 60.2 Å². The molecule has 2 heteroatoms. The molecule has 0 heterocycles. The standard InChI is InChI=1S/C16H19NO/c1-18-16-11-9-14(10-12-16)6-5-13-17-15-7-3-2-4-8-15/h2-4,7-12,17H,5-6,13H2,1H3. The van der Waals surface area contributed by atoms with Crippen LogP contribution in [0.4, 0.5) is 5.69 Å². The van der Waals surface area contributed by atoms with Crippen molar-refractivity contribution in [2.75, 3.05) is 19.0 Å². The summed E-state index contributed by atoms with van der Waals surface area (Å²) in [6, 6.07) is 18.6. The molecule has 2 rings (SSSR count). The van der Waals surface area contributed by atoms with Crippen molar-refractivity contribution < 1.29 is 4.74 Å². The molecular weight excluding hydrogens is 222 g/mol. The van der Waals surface area contributed by atoms with Crippen LogP contribution in [0.1, 0.15) is 12.0 Å². The number of anilines is 1. The Morgan fingerprint density at radius 2 is 1.67 bits per heavy atom. The number of para-hydroxylation sites is 1. The van der Waals surface area contributed by atoms with E-state index in [2.05, 4.69) is 29.6 Å². The van der Waals surface area contributed by atoms with Gasteiger partial charge in [-0.15, -0.1) is 0 Å². The number of rotatable bonds is 6. The summed E-state index contributed by atoms with van der Waals surface area (Å²) in [6.45, 7) is 0.996. The zero-order valence-electron chi connectivity index (χ0n) is 10.7. The molecule has 0 aromatic heterocycles. The molecule has 0 aliphatic rings. The molecule has 2 aromatic carbocycles. The van der Waals surface area contributed by atoms with E-state index in [1.807, 2.05) is 30.3 Å². The second-order valence-electron chi connectivity index (χ2n) is 4.24. The number of aryl methyl sites for hydroxylation is 1. The maximum absolute atomic E-state index is 5.14. The summed E-state index contributed by atoms with van der Waals surface area (Å²) in [5, 5.41) is 3.41. The molecule has 0 bridgehead atoms. The Balaban J connectivity index is 1.72. The van der Waals surface area contributed by atoms with Crippen LogP contribution in [0.3, 0.4) is 0 Å². The van der Waals surface area contributed by atoms with E-state index in [1.165, 1.54) is 11.3 Å². The highest BCUT2D eigenvalue weighted by atomic mass is 16.5. The topological polar surface area (TPSA) is 21.3 Å².